The van der Waals surface area contributed by atoms with Crippen molar-refractivity contribution in [2.24, 2.45) is 0 Å². The van der Waals surface area contributed by atoms with Gasteiger partial charge < -0.3 is 24.7 Å². The molecule has 1 fully saturated rings. The summed E-state index contributed by atoms with van der Waals surface area (Å²) < 4.78 is 11.2. The van der Waals surface area contributed by atoms with Crippen LogP contribution in [0.4, 0.5) is 11.4 Å². The highest BCUT2D eigenvalue weighted by Crippen LogP contribution is 2.44. The standard InChI is InChI=1S/C27H23ClN4O3S2/c1-34-16-23(33)30-20-11-10-17(15-19(20)28)32-26(25(31-27(32)36)21-9-5-6-14-29-21)22-12-13-24(35-22)37-18-7-3-2-4-8-18/h2-15,25-26H,16H2,1H3,(H,30,33)(H,31,36)/t25-,26+/m1/s1. The molecule has 1 aliphatic heterocycles. The third kappa shape index (κ3) is 5.65. The van der Waals surface area contributed by atoms with Gasteiger partial charge in [-0.3, -0.25) is 9.78 Å². The summed E-state index contributed by atoms with van der Waals surface area (Å²) in [5, 5.41) is 7.82. The van der Waals surface area contributed by atoms with Crippen LogP contribution in [0.1, 0.15) is 23.5 Å². The molecular formula is C27H23ClN4O3S2. The zero-order valence-corrected chi connectivity index (χ0v) is 22.1. The molecule has 2 atom stereocenters. The number of furan rings is 1. The Morgan fingerprint density at radius 2 is 1.97 bits per heavy atom. The van der Waals surface area contributed by atoms with Crippen LogP contribution < -0.4 is 15.5 Å². The summed E-state index contributed by atoms with van der Waals surface area (Å²) >= 11 is 13.9. The topological polar surface area (TPSA) is 79.6 Å². The number of pyridine rings is 1. The number of amides is 1. The Balaban J connectivity index is 1.49. The molecule has 4 aromatic rings. The van der Waals surface area contributed by atoms with Gasteiger partial charge in [0.05, 0.1) is 22.4 Å². The quantitative estimate of drug-likeness (QED) is 0.250. The van der Waals surface area contributed by atoms with Crippen molar-refractivity contribution in [1.82, 2.24) is 10.3 Å². The molecule has 1 saturated heterocycles. The molecule has 10 heteroatoms. The maximum Gasteiger partial charge on any atom is 0.250 e. The predicted molar refractivity (Wildman–Crippen MR) is 149 cm³/mol. The number of benzene rings is 2. The first kappa shape index (κ1) is 25.3. The van der Waals surface area contributed by atoms with E-state index in [1.807, 2.05) is 71.6 Å². The van der Waals surface area contributed by atoms with E-state index in [2.05, 4.69) is 15.6 Å². The van der Waals surface area contributed by atoms with Crippen LogP contribution in [0.15, 0.2) is 99.5 Å². The van der Waals surface area contributed by atoms with Crippen LogP contribution in [0.2, 0.25) is 5.02 Å². The van der Waals surface area contributed by atoms with Gasteiger partial charge in [-0.25, -0.2) is 0 Å². The Hall–Kier alpha value is -3.37. The van der Waals surface area contributed by atoms with Crippen LogP contribution in [0.25, 0.3) is 0 Å². The lowest BCUT2D eigenvalue weighted by molar-refractivity contribution is -0.119. The Labute approximate surface area is 229 Å². The number of hydrogen-bond donors (Lipinski definition) is 2. The Morgan fingerprint density at radius 3 is 2.70 bits per heavy atom. The van der Waals surface area contributed by atoms with Gasteiger partial charge in [0, 0.05) is 23.9 Å². The molecule has 2 N–H and O–H groups in total. The van der Waals surface area contributed by atoms with Crippen molar-refractivity contribution in [2.75, 3.05) is 23.9 Å². The fourth-order valence-corrected chi connectivity index (χ4v) is 5.51. The molecular weight excluding hydrogens is 528 g/mol. The first-order valence-electron chi connectivity index (χ1n) is 11.4. The van der Waals surface area contributed by atoms with Gasteiger partial charge in [-0.05, 0) is 66.8 Å². The number of carbonyl (C=O) groups is 1. The summed E-state index contributed by atoms with van der Waals surface area (Å²) in [6.07, 6.45) is 1.76. The normalized spacial score (nSPS) is 17.0. The number of nitrogens with one attached hydrogen (secondary N) is 2. The first-order chi connectivity index (χ1) is 18.0. The van der Waals surface area contributed by atoms with E-state index in [-0.39, 0.29) is 24.6 Å². The minimum atomic E-state index is -0.322. The minimum absolute atomic E-state index is 0.0616. The number of rotatable bonds is 8. The molecule has 1 amide bonds. The van der Waals surface area contributed by atoms with Gasteiger partial charge in [-0.15, -0.1) is 0 Å². The molecule has 7 nitrogen and oxygen atoms in total. The lowest BCUT2D eigenvalue weighted by atomic mass is 10.0. The molecule has 5 rings (SSSR count). The molecule has 3 heterocycles. The molecule has 0 saturated carbocycles. The van der Waals surface area contributed by atoms with Crippen molar-refractivity contribution in [3.05, 3.63) is 102 Å². The van der Waals surface area contributed by atoms with Gasteiger partial charge in [0.2, 0.25) is 5.91 Å². The molecule has 1 aliphatic rings. The van der Waals surface area contributed by atoms with Crippen molar-refractivity contribution >= 4 is 58.0 Å². The van der Waals surface area contributed by atoms with E-state index in [0.717, 1.165) is 27.1 Å². The highest BCUT2D eigenvalue weighted by Gasteiger charge is 2.42. The molecule has 0 radical (unpaired) electrons. The van der Waals surface area contributed by atoms with Crippen molar-refractivity contribution in [2.45, 2.75) is 22.1 Å². The summed E-state index contributed by atoms with van der Waals surface area (Å²) in [6, 6.07) is 24.6. The molecule has 37 heavy (non-hydrogen) atoms. The molecule has 0 bridgehead atoms. The van der Waals surface area contributed by atoms with Crippen LogP contribution >= 0.6 is 35.6 Å². The fraction of sp³-hybridized carbons (Fsp3) is 0.148. The third-order valence-corrected chi connectivity index (χ3v) is 7.29. The fourth-order valence-electron chi connectivity index (χ4n) is 4.15. The van der Waals surface area contributed by atoms with E-state index in [9.17, 15) is 4.79 Å². The number of carbonyl (C=O) groups excluding carboxylic acids is 1. The van der Waals surface area contributed by atoms with Crippen molar-refractivity contribution in [3.8, 4) is 0 Å². The van der Waals surface area contributed by atoms with Crippen molar-refractivity contribution < 1.29 is 13.9 Å². The molecule has 188 valence electrons. The monoisotopic (exact) mass is 550 g/mol. The zero-order chi connectivity index (χ0) is 25.8. The van der Waals surface area contributed by atoms with E-state index >= 15 is 0 Å². The van der Waals surface area contributed by atoms with E-state index in [4.69, 9.17) is 33.0 Å². The Morgan fingerprint density at radius 1 is 1.16 bits per heavy atom. The van der Waals surface area contributed by atoms with E-state index in [1.165, 1.54) is 7.11 Å². The average Bonchev–Trinajstić information content (AvgIpc) is 3.50. The molecule has 0 spiro atoms. The van der Waals surface area contributed by atoms with Crippen LogP contribution in [0.5, 0.6) is 0 Å². The summed E-state index contributed by atoms with van der Waals surface area (Å²) in [7, 11) is 1.46. The van der Waals surface area contributed by atoms with Gasteiger partial charge in [0.25, 0.3) is 0 Å². The zero-order valence-electron chi connectivity index (χ0n) is 19.8. The number of thiocarbonyl (C=S) groups is 1. The molecule has 2 aromatic heterocycles. The molecule has 0 unspecified atom stereocenters. The number of aromatic nitrogens is 1. The Bertz CT molecular complexity index is 1400. The van der Waals surface area contributed by atoms with E-state index in [1.54, 1.807) is 30.1 Å². The van der Waals surface area contributed by atoms with Gasteiger partial charge >= 0.3 is 0 Å². The summed E-state index contributed by atoms with van der Waals surface area (Å²) in [4.78, 5) is 19.6. The van der Waals surface area contributed by atoms with Crippen molar-refractivity contribution in [3.63, 3.8) is 0 Å². The number of halogens is 1. The van der Waals surface area contributed by atoms with Gasteiger partial charge in [0.15, 0.2) is 10.2 Å². The van der Waals surface area contributed by atoms with Crippen LogP contribution in [0.3, 0.4) is 0 Å². The number of anilines is 2. The highest BCUT2D eigenvalue weighted by molar-refractivity contribution is 7.99. The smallest absolute Gasteiger partial charge is 0.250 e. The lowest BCUT2D eigenvalue weighted by Gasteiger charge is -2.26. The summed E-state index contributed by atoms with van der Waals surface area (Å²) in [5.41, 5.74) is 2.08. The van der Waals surface area contributed by atoms with E-state index < -0.39 is 0 Å². The summed E-state index contributed by atoms with van der Waals surface area (Å²) in [6.45, 7) is -0.0616. The molecule has 0 aliphatic carbocycles. The number of methoxy groups -OCH3 is 1. The maximum absolute atomic E-state index is 12.0. The van der Waals surface area contributed by atoms with Crippen LogP contribution in [-0.4, -0.2) is 29.7 Å². The second kappa shape index (κ2) is 11.4. The third-order valence-electron chi connectivity index (χ3n) is 5.73. The highest BCUT2D eigenvalue weighted by atomic mass is 35.5. The van der Waals surface area contributed by atoms with E-state index in [0.29, 0.717) is 15.8 Å². The number of nitrogens with zero attached hydrogens (tertiary/aromatic N) is 2. The second-order valence-corrected chi connectivity index (χ2v) is 10.1. The largest absolute Gasteiger partial charge is 0.452 e. The van der Waals surface area contributed by atoms with Crippen LogP contribution in [-0.2, 0) is 9.53 Å². The van der Waals surface area contributed by atoms with Gasteiger partial charge in [-0.2, -0.15) is 0 Å². The predicted octanol–water partition coefficient (Wildman–Crippen LogP) is 6.24. The minimum Gasteiger partial charge on any atom is -0.452 e. The Kier molecular flexibility index (Phi) is 7.76. The average molecular weight is 551 g/mol. The summed E-state index contributed by atoms with van der Waals surface area (Å²) in [5.74, 6) is 0.442. The number of ether oxygens (including phenoxy) is 1. The van der Waals surface area contributed by atoms with Crippen LogP contribution in [0, 0.1) is 0 Å². The van der Waals surface area contributed by atoms with Gasteiger partial charge in [0.1, 0.15) is 18.4 Å². The van der Waals surface area contributed by atoms with Crippen molar-refractivity contribution in [1.29, 1.82) is 0 Å². The molecule has 2 aromatic carbocycles. The SMILES string of the molecule is COCC(=O)Nc1ccc(N2C(=S)N[C@H](c3ccccn3)[C@@H]2c2ccc(Sc3ccccc3)o2)cc1Cl. The first-order valence-corrected chi connectivity index (χ1v) is 13.1. The maximum atomic E-state index is 12.0. The number of hydrogen-bond acceptors (Lipinski definition) is 6. The second-order valence-electron chi connectivity index (χ2n) is 8.21. The van der Waals surface area contributed by atoms with Gasteiger partial charge in [-0.1, -0.05) is 47.6 Å². The lowest BCUT2D eigenvalue weighted by Crippen LogP contribution is -2.29.